The molecule has 1 fully saturated rings. The van der Waals surface area contributed by atoms with Crippen LogP contribution in [0.25, 0.3) is 0 Å². The lowest BCUT2D eigenvalue weighted by Gasteiger charge is -2.35. The van der Waals surface area contributed by atoms with Gasteiger partial charge < -0.3 is 10.2 Å². The van der Waals surface area contributed by atoms with Crippen LogP contribution in [0.5, 0.6) is 0 Å². The van der Waals surface area contributed by atoms with Crippen molar-refractivity contribution >= 4 is 21.6 Å². The Balaban J connectivity index is 2.10. The van der Waals surface area contributed by atoms with E-state index in [2.05, 4.69) is 33.1 Å². The van der Waals surface area contributed by atoms with Crippen LogP contribution in [0.1, 0.15) is 19.8 Å². The van der Waals surface area contributed by atoms with Gasteiger partial charge in [0.15, 0.2) is 0 Å². The Kier molecular flexibility index (Phi) is 4.40. The molecular formula is C13H18BrFN2. The highest BCUT2D eigenvalue weighted by Crippen LogP contribution is 2.29. The van der Waals surface area contributed by atoms with E-state index in [0.29, 0.717) is 6.04 Å². The fourth-order valence-electron chi connectivity index (χ4n) is 2.39. The predicted molar refractivity (Wildman–Crippen MR) is 73.0 cm³/mol. The number of rotatable bonds is 3. The molecule has 1 unspecified atom stereocenters. The lowest BCUT2D eigenvalue weighted by Crippen LogP contribution is -2.45. The number of hydrogen-bond donors (Lipinski definition) is 1. The van der Waals surface area contributed by atoms with Crippen LogP contribution < -0.4 is 10.2 Å². The highest BCUT2D eigenvalue weighted by atomic mass is 79.9. The van der Waals surface area contributed by atoms with Crippen LogP contribution >= 0.6 is 15.9 Å². The van der Waals surface area contributed by atoms with Crippen molar-refractivity contribution in [1.29, 1.82) is 0 Å². The molecule has 1 aliphatic rings. The Morgan fingerprint density at radius 3 is 3.06 bits per heavy atom. The van der Waals surface area contributed by atoms with Crippen molar-refractivity contribution in [3.05, 3.63) is 28.5 Å². The first-order valence-corrected chi connectivity index (χ1v) is 6.93. The van der Waals surface area contributed by atoms with Gasteiger partial charge in [0, 0.05) is 23.6 Å². The normalized spacial score (nSPS) is 20.6. The Hall–Kier alpha value is -0.610. The minimum Gasteiger partial charge on any atom is -0.369 e. The molecule has 0 radical (unpaired) electrons. The summed E-state index contributed by atoms with van der Waals surface area (Å²) < 4.78 is 13.9. The molecule has 1 atom stereocenters. The number of halogens is 2. The van der Waals surface area contributed by atoms with Gasteiger partial charge in [-0.2, -0.15) is 0 Å². The van der Waals surface area contributed by atoms with Crippen molar-refractivity contribution in [2.24, 2.45) is 0 Å². The Morgan fingerprint density at radius 1 is 1.53 bits per heavy atom. The third-order valence-corrected chi connectivity index (χ3v) is 3.80. The van der Waals surface area contributed by atoms with E-state index in [1.165, 1.54) is 25.0 Å². The molecule has 4 heteroatoms. The number of hydrogen-bond acceptors (Lipinski definition) is 2. The fourth-order valence-corrected chi connectivity index (χ4v) is 2.99. The summed E-state index contributed by atoms with van der Waals surface area (Å²) in [5.74, 6) is -0.194. The van der Waals surface area contributed by atoms with E-state index in [-0.39, 0.29) is 5.82 Å². The molecule has 1 N–H and O–H groups in total. The van der Waals surface area contributed by atoms with Crippen molar-refractivity contribution in [2.45, 2.75) is 25.8 Å². The van der Waals surface area contributed by atoms with Gasteiger partial charge >= 0.3 is 0 Å². The summed E-state index contributed by atoms with van der Waals surface area (Å²) in [7, 11) is 0. The molecule has 0 amide bonds. The Labute approximate surface area is 110 Å². The first-order valence-electron chi connectivity index (χ1n) is 6.14. The number of nitrogens with zero attached hydrogens (tertiary/aromatic N) is 1. The topological polar surface area (TPSA) is 15.3 Å². The molecule has 1 saturated heterocycles. The van der Waals surface area contributed by atoms with Crippen molar-refractivity contribution in [2.75, 3.05) is 24.5 Å². The molecule has 0 spiro atoms. The quantitative estimate of drug-likeness (QED) is 0.922. The molecule has 0 aliphatic carbocycles. The van der Waals surface area contributed by atoms with E-state index in [1.54, 1.807) is 0 Å². The third kappa shape index (κ3) is 3.19. The second kappa shape index (κ2) is 5.83. The van der Waals surface area contributed by atoms with E-state index in [9.17, 15) is 4.39 Å². The maximum atomic E-state index is 13.1. The number of piperidine rings is 1. The summed E-state index contributed by atoms with van der Waals surface area (Å²) in [5.41, 5.74) is 1.09. The van der Waals surface area contributed by atoms with Crippen LogP contribution in [-0.4, -0.2) is 25.7 Å². The molecule has 1 aromatic carbocycles. The largest absolute Gasteiger partial charge is 0.369 e. The zero-order valence-corrected chi connectivity index (χ0v) is 11.6. The molecule has 1 aromatic rings. The molecular weight excluding hydrogens is 283 g/mol. The lowest BCUT2D eigenvalue weighted by atomic mass is 10.0. The average molecular weight is 301 g/mol. The molecule has 94 valence electrons. The van der Waals surface area contributed by atoms with Gasteiger partial charge in [0.25, 0.3) is 0 Å². The van der Waals surface area contributed by atoms with Crippen LogP contribution in [-0.2, 0) is 0 Å². The summed E-state index contributed by atoms with van der Waals surface area (Å²) >= 11 is 3.44. The number of likely N-dealkylation sites (N-methyl/N-ethyl adjacent to an activating group) is 1. The molecule has 0 saturated carbocycles. The van der Waals surface area contributed by atoms with Gasteiger partial charge in [-0.05, 0) is 53.5 Å². The van der Waals surface area contributed by atoms with Crippen molar-refractivity contribution in [3.8, 4) is 0 Å². The maximum absolute atomic E-state index is 13.1. The predicted octanol–water partition coefficient (Wildman–Crippen LogP) is 3.17. The van der Waals surface area contributed by atoms with Crippen LogP contribution in [0.2, 0.25) is 0 Å². The highest BCUT2D eigenvalue weighted by molar-refractivity contribution is 9.10. The molecule has 2 nitrogen and oxygen atoms in total. The lowest BCUT2D eigenvalue weighted by molar-refractivity contribution is 0.431. The average Bonchev–Trinajstić information content (AvgIpc) is 2.29. The van der Waals surface area contributed by atoms with Gasteiger partial charge in [0.2, 0.25) is 0 Å². The second-order valence-electron chi connectivity index (χ2n) is 4.44. The maximum Gasteiger partial charge on any atom is 0.124 e. The summed E-state index contributed by atoms with van der Waals surface area (Å²) in [5, 5.41) is 3.48. The smallest absolute Gasteiger partial charge is 0.124 e. The van der Waals surface area contributed by atoms with Crippen molar-refractivity contribution < 1.29 is 4.39 Å². The summed E-state index contributed by atoms with van der Waals surface area (Å²) in [6, 6.07) is 5.46. The number of nitrogens with one attached hydrogen (secondary N) is 1. The SMILES string of the molecule is CCNC1CCCN(c2ccc(F)cc2Br)C1. The number of benzene rings is 1. The van der Waals surface area contributed by atoms with Crippen LogP contribution in [0.3, 0.4) is 0 Å². The molecule has 0 bridgehead atoms. The molecule has 1 heterocycles. The van der Waals surface area contributed by atoms with Crippen LogP contribution in [0.15, 0.2) is 22.7 Å². The van der Waals surface area contributed by atoms with Gasteiger partial charge in [-0.25, -0.2) is 4.39 Å². The van der Waals surface area contributed by atoms with E-state index in [4.69, 9.17) is 0 Å². The molecule has 1 aliphatic heterocycles. The number of anilines is 1. The van der Waals surface area contributed by atoms with E-state index in [0.717, 1.165) is 29.8 Å². The van der Waals surface area contributed by atoms with E-state index < -0.39 is 0 Å². The molecule has 2 rings (SSSR count). The van der Waals surface area contributed by atoms with Crippen molar-refractivity contribution in [3.63, 3.8) is 0 Å². The van der Waals surface area contributed by atoms with Gasteiger partial charge in [0.05, 0.1) is 5.69 Å². The van der Waals surface area contributed by atoms with Gasteiger partial charge in [-0.1, -0.05) is 6.92 Å². The molecule has 0 aromatic heterocycles. The van der Waals surface area contributed by atoms with Crippen LogP contribution in [0, 0.1) is 5.82 Å². The highest BCUT2D eigenvalue weighted by Gasteiger charge is 2.20. The van der Waals surface area contributed by atoms with Crippen LogP contribution in [0.4, 0.5) is 10.1 Å². The fraction of sp³-hybridized carbons (Fsp3) is 0.538. The monoisotopic (exact) mass is 300 g/mol. The zero-order chi connectivity index (χ0) is 12.3. The van der Waals surface area contributed by atoms with Crippen molar-refractivity contribution in [1.82, 2.24) is 5.32 Å². The third-order valence-electron chi connectivity index (χ3n) is 3.16. The minimum atomic E-state index is -0.194. The summed E-state index contributed by atoms with van der Waals surface area (Å²) in [6.07, 6.45) is 2.41. The first kappa shape index (κ1) is 12.8. The summed E-state index contributed by atoms with van der Waals surface area (Å²) in [6.45, 7) is 5.18. The second-order valence-corrected chi connectivity index (χ2v) is 5.29. The molecule has 17 heavy (non-hydrogen) atoms. The van der Waals surface area contributed by atoms with Gasteiger partial charge in [-0.3, -0.25) is 0 Å². The van der Waals surface area contributed by atoms with Gasteiger partial charge in [-0.15, -0.1) is 0 Å². The zero-order valence-electron chi connectivity index (χ0n) is 10.0. The Morgan fingerprint density at radius 2 is 2.35 bits per heavy atom. The van der Waals surface area contributed by atoms with E-state index in [1.807, 2.05) is 6.07 Å². The van der Waals surface area contributed by atoms with E-state index >= 15 is 0 Å². The van der Waals surface area contributed by atoms with Gasteiger partial charge in [0.1, 0.15) is 5.82 Å². The first-order chi connectivity index (χ1) is 8.20. The minimum absolute atomic E-state index is 0.194. The standard InChI is InChI=1S/C13H18BrFN2/c1-2-16-11-4-3-7-17(9-11)13-6-5-10(15)8-12(13)14/h5-6,8,11,16H,2-4,7,9H2,1H3. The Bertz CT molecular complexity index is 382. The summed E-state index contributed by atoms with van der Waals surface area (Å²) in [4.78, 5) is 2.32.